The summed E-state index contributed by atoms with van der Waals surface area (Å²) in [5.74, 6) is -1.78. The summed E-state index contributed by atoms with van der Waals surface area (Å²) >= 11 is 0. The van der Waals surface area contributed by atoms with E-state index in [9.17, 15) is 14.7 Å². The molecule has 6 heteroatoms. The fourth-order valence-corrected chi connectivity index (χ4v) is 1.36. The van der Waals surface area contributed by atoms with Gasteiger partial charge in [-0.2, -0.15) is 0 Å². The maximum absolute atomic E-state index is 11.4. The van der Waals surface area contributed by atoms with Crippen molar-refractivity contribution in [2.24, 2.45) is 0 Å². The van der Waals surface area contributed by atoms with Crippen LogP contribution in [-0.4, -0.2) is 66.5 Å². The zero-order valence-corrected chi connectivity index (χ0v) is 10.8. The Morgan fingerprint density at radius 2 is 1.82 bits per heavy atom. The minimum atomic E-state index is -1.18. The van der Waals surface area contributed by atoms with Crippen LogP contribution in [0.5, 0.6) is 0 Å². The fraction of sp³-hybridized carbons (Fsp3) is 0.818. The summed E-state index contributed by atoms with van der Waals surface area (Å²) < 4.78 is 5.48. The number of ether oxygens (including phenoxy) is 1. The van der Waals surface area contributed by atoms with E-state index in [2.05, 4.69) is 0 Å². The van der Waals surface area contributed by atoms with Crippen molar-refractivity contribution in [2.45, 2.75) is 32.0 Å². The standard InChI is InChI=1S/C11H21NO5/c1-5-9(13)11(16)17-8(6-10(14)15)7-12(2,3)4/h8-9,13H,5-7H2,1-4H3/p+1. The van der Waals surface area contributed by atoms with E-state index in [0.29, 0.717) is 11.0 Å². The number of carbonyl (C=O) groups is 2. The molecule has 0 spiro atoms. The highest BCUT2D eigenvalue weighted by Crippen LogP contribution is 2.07. The van der Waals surface area contributed by atoms with Crippen LogP contribution in [0.2, 0.25) is 0 Å². The van der Waals surface area contributed by atoms with Crippen LogP contribution in [0.3, 0.4) is 0 Å². The van der Waals surface area contributed by atoms with Crippen LogP contribution in [0.15, 0.2) is 0 Å². The van der Waals surface area contributed by atoms with Crippen molar-refractivity contribution in [3.05, 3.63) is 0 Å². The summed E-state index contributed by atoms with van der Waals surface area (Å²) in [4.78, 5) is 22.0. The van der Waals surface area contributed by atoms with Gasteiger partial charge in [0.25, 0.3) is 0 Å². The lowest BCUT2D eigenvalue weighted by molar-refractivity contribution is -0.873. The average molecular weight is 248 g/mol. The van der Waals surface area contributed by atoms with Gasteiger partial charge in [-0.3, -0.25) is 4.79 Å². The summed E-state index contributed by atoms with van der Waals surface area (Å²) in [5.41, 5.74) is 0. The van der Waals surface area contributed by atoms with E-state index < -0.39 is 24.1 Å². The summed E-state index contributed by atoms with van der Waals surface area (Å²) in [7, 11) is 5.62. The maximum atomic E-state index is 11.4. The molecule has 0 saturated carbocycles. The van der Waals surface area contributed by atoms with Crippen LogP contribution in [0.1, 0.15) is 19.8 Å². The molecule has 0 radical (unpaired) electrons. The Morgan fingerprint density at radius 3 is 2.18 bits per heavy atom. The number of aliphatic hydroxyl groups excluding tert-OH is 1. The molecule has 0 aliphatic heterocycles. The molecule has 0 bridgehead atoms. The second-order valence-electron chi connectivity index (χ2n) is 5.05. The summed E-state index contributed by atoms with van der Waals surface area (Å²) in [6.45, 7) is 2.03. The molecule has 0 aliphatic carbocycles. The maximum Gasteiger partial charge on any atom is 0.335 e. The third-order valence-electron chi connectivity index (χ3n) is 2.10. The predicted octanol–water partition coefficient (Wildman–Crippen LogP) is -0.150. The number of hydrogen-bond donors (Lipinski definition) is 2. The Bertz CT molecular complexity index is 272. The molecule has 0 heterocycles. The van der Waals surface area contributed by atoms with Gasteiger partial charge in [0.1, 0.15) is 6.54 Å². The molecule has 100 valence electrons. The number of rotatable bonds is 7. The molecule has 0 rings (SSSR count). The van der Waals surface area contributed by atoms with Gasteiger partial charge in [-0.15, -0.1) is 0 Å². The topological polar surface area (TPSA) is 83.8 Å². The van der Waals surface area contributed by atoms with Crippen LogP contribution >= 0.6 is 0 Å². The lowest BCUT2D eigenvalue weighted by Crippen LogP contribution is -2.44. The van der Waals surface area contributed by atoms with Crippen LogP contribution < -0.4 is 0 Å². The van der Waals surface area contributed by atoms with E-state index in [1.54, 1.807) is 6.92 Å². The number of esters is 1. The number of nitrogens with zero attached hydrogens (tertiary/aromatic N) is 1. The van der Waals surface area contributed by atoms with Crippen molar-refractivity contribution in [1.29, 1.82) is 0 Å². The first-order valence-electron chi connectivity index (χ1n) is 5.56. The van der Waals surface area contributed by atoms with E-state index in [4.69, 9.17) is 9.84 Å². The SMILES string of the molecule is CCC(O)C(=O)OC(CC(=O)O)C[N+](C)(C)C. The second-order valence-corrected chi connectivity index (χ2v) is 5.05. The Morgan fingerprint density at radius 1 is 1.29 bits per heavy atom. The minimum Gasteiger partial charge on any atom is -0.481 e. The highest BCUT2D eigenvalue weighted by atomic mass is 16.6. The quantitative estimate of drug-likeness (QED) is 0.483. The van der Waals surface area contributed by atoms with Gasteiger partial charge in [0, 0.05) is 0 Å². The van der Waals surface area contributed by atoms with Gasteiger partial charge >= 0.3 is 11.9 Å². The molecule has 0 aliphatic rings. The largest absolute Gasteiger partial charge is 0.481 e. The van der Waals surface area contributed by atoms with Gasteiger partial charge in [0.15, 0.2) is 12.2 Å². The van der Waals surface area contributed by atoms with Gasteiger partial charge in [-0.25, -0.2) is 4.79 Å². The monoisotopic (exact) mass is 248 g/mol. The predicted molar refractivity (Wildman–Crippen MR) is 61.3 cm³/mol. The van der Waals surface area contributed by atoms with E-state index in [0.717, 1.165) is 0 Å². The second kappa shape index (κ2) is 6.56. The van der Waals surface area contributed by atoms with Crippen LogP contribution in [0, 0.1) is 0 Å². The van der Waals surface area contributed by atoms with E-state index >= 15 is 0 Å². The molecule has 0 saturated heterocycles. The van der Waals surface area contributed by atoms with Crippen molar-refractivity contribution in [3.63, 3.8) is 0 Å². The Hall–Kier alpha value is -1.14. The zero-order valence-electron chi connectivity index (χ0n) is 10.8. The zero-order chi connectivity index (χ0) is 13.6. The molecule has 0 amide bonds. The smallest absolute Gasteiger partial charge is 0.335 e. The highest BCUT2D eigenvalue weighted by Gasteiger charge is 2.26. The summed E-state index contributed by atoms with van der Waals surface area (Å²) in [6, 6.07) is 0. The molecule has 0 aromatic rings. The first kappa shape index (κ1) is 15.9. The molecule has 2 N–H and O–H groups in total. The number of aliphatic carboxylic acids is 1. The van der Waals surface area contributed by atoms with Crippen molar-refractivity contribution in [3.8, 4) is 0 Å². The Kier molecular flexibility index (Phi) is 6.12. The molecule has 0 aromatic heterocycles. The number of quaternary nitrogens is 1. The molecule has 0 aromatic carbocycles. The van der Waals surface area contributed by atoms with Crippen molar-refractivity contribution in [1.82, 2.24) is 0 Å². The van der Waals surface area contributed by atoms with Gasteiger partial charge in [-0.1, -0.05) is 6.92 Å². The number of likely N-dealkylation sites (N-methyl/N-ethyl adjacent to an activating group) is 1. The molecule has 6 nitrogen and oxygen atoms in total. The molecule has 2 atom stereocenters. The Labute approximate surface area is 101 Å². The van der Waals surface area contributed by atoms with Crippen LogP contribution in [0.25, 0.3) is 0 Å². The van der Waals surface area contributed by atoms with Gasteiger partial charge in [0.2, 0.25) is 0 Å². The lowest BCUT2D eigenvalue weighted by atomic mass is 10.2. The summed E-state index contributed by atoms with van der Waals surface area (Å²) in [6.07, 6.45) is -1.90. The highest BCUT2D eigenvalue weighted by molar-refractivity contribution is 5.75. The molecular formula is C11H22NO5+. The van der Waals surface area contributed by atoms with Gasteiger partial charge in [0.05, 0.1) is 27.6 Å². The third-order valence-corrected chi connectivity index (χ3v) is 2.10. The fourth-order valence-electron chi connectivity index (χ4n) is 1.36. The van der Waals surface area contributed by atoms with Gasteiger partial charge in [-0.05, 0) is 6.42 Å². The molecule has 17 heavy (non-hydrogen) atoms. The van der Waals surface area contributed by atoms with Gasteiger partial charge < -0.3 is 19.4 Å². The van der Waals surface area contributed by atoms with Crippen LogP contribution in [-0.2, 0) is 14.3 Å². The summed E-state index contributed by atoms with van der Waals surface area (Å²) in [5, 5.41) is 18.0. The van der Waals surface area contributed by atoms with E-state index in [1.165, 1.54) is 0 Å². The minimum absolute atomic E-state index is 0.252. The third kappa shape index (κ3) is 7.70. The first-order valence-corrected chi connectivity index (χ1v) is 5.56. The number of carbonyl (C=O) groups excluding carboxylic acids is 1. The van der Waals surface area contributed by atoms with E-state index in [-0.39, 0.29) is 12.8 Å². The molecule has 2 unspecified atom stereocenters. The van der Waals surface area contributed by atoms with Crippen LogP contribution in [0.4, 0.5) is 0 Å². The molecule has 0 fully saturated rings. The van der Waals surface area contributed by atoms with Crippen molar-refractivity contribution in [2.75, 3.05) is 27.7 Å². The number of carboxylic acids is 1. The number of hydrogen-bond acceptors (Lipinski definition) is 4. The number of aliphatic hydroxyl groups is 1. The van der Waals surface area contributed by atoms with Crippen molar-refractivity contribution < 1.29 is 29.0 Å². The lowest BCUT2D eigenvalue weighted by Gasteiger charge is -2.28. The Balaban J connectivity index is 4.48. The molecular weight excluding hydrogens is 226 g/mol. The first-order chi connectivity index (χ1) is 7.65. The normalized spacial score (nSPS) is 15.1. The van der Waals surface area contributed by atoms with Crippen molar-refractivity contribution >= 4 is 11.9 Å². The van der Waals surface area contributed by atoms with E-state index in [1.807, 2.05) is 21.1 Å². The average Bonchev–Trinajstić information content (AvgIpc) is 2.12. The number of carboxylic acid groups (broad SMARTS) is 1.